The maximum Gasteiger partial charge on any atom is 0.121 e. The van der Waals surface area contributed by atoms with Crippen molar-refractivity contribution >= 4 is 0 Å². The number of methoxy groups -OCH3 is 1. The molecule has 18 heavy (non-hydrogen) atoms. The average Bonchev–Trinajstić information content (AvgIpc) is 2.43. The molecule has 0 fully saturated rings. The fourth-order valence-electron chi connectivity index (χ4n) is 1.50. The van der Waals surface area contributed by atoms with Crippen molar-refractivity contribution in [2.24, 2.45) is 5.11 Å². The topological polar surface area (TPSA) is 93.8 Å². The molecular weight excluding hydrogens is 230 g/mol. The molecule has 6 heteroatoms. The first-order chi connectivity index (χ1) is 8.81. The van der Waals surface area contributed by atoms with E-state index in [-0.39, 0.29) is 6.04 Å². The zero-order valence-corrected chi connectivity index (χ0v) is 10.2. The van der Waals surface area contributed by atoms with Crippen LogP contribution in [0.5, 0.6) is 5.75 Å². The second kappa shape index (κ2) is 7.96. The summed E-state index contributed by atoms with van der Waals surface area (Å²) in [6.45, 7) is 1.05. The molecule has 0 aromatic heterocycles. The van der Waals surface area contributed by atoms with Gasteiger partial charge in [0.15, 0.2) is 0 Å². The van der Waals surface area contributed by atoms with Crippen LogP contribution in [-0.4, -0.2) is 20.2 Å². The Hall–Kier alpha value is -2.22. The number of hydrogen-bond donors (Lipinski definition) is 1. The van der Waals surface area contributed by atoms with E-state index in [1.54, 1.807) is 7.11 Å². The highest BCUT2D eigenvalue weighted by molar-refractivity contribution is 5.32. The van der Waals surface area contributed by atoms with Crippen LogP contribution in [0.1, 0.15) is 18.0 Å². The summed E-state index contributed by atoms with van der Waals surface area (Å²) in [6, 6.07) is 9.19. The third kappa shape index (κ3) is 4.34. The van der Waals surface area contributed by atoms with Gasteiger partial charge in [-0.25, -0.2) is 0 Å². The van der Waals surface area contributed by atoms with E-state index in [9.17, 15) is 0 Å². The number of hydrogen-bond acceptors (Lipinski definition) is 4. The van der Waals surface area contributed by atoms with Gasteiger partial charge in [-0.1, -0.05) is 17.2 Å². The smallest absolute Gasteiger partial charge is 0.121 e. The number of nitriles is 1. The SMILES string of the molecule is COc1cccc(C(C#N)NCCCN=[N+]=[N-])c1. The summed E-state index contributed by atoms with van der Waals surface area (Å²) >= 11 is 0. The Labute approximate surface area is 106 Å². The van der Waals surface area contributed by atoms with E-state index in [2.05, 4.69) is 21.4 Å². The molecule has 1 aromatic rings. The lowest BCUT2D eigenvalue weighted by Crippen LogP contribution is -2.21. The zero-order chi connectivity index (χ0) is 13.2. The number of benzene rings is 1. The number of nitrogens with one attached hydrogen (secondary N) is 1. The lowest BCUT2D eigenvalue weighted by molar-refractivity contribution is 0.413. The minimum atomic E-state index is -0.383. The second-order valence-electron chi connectivity index (χ2n) is 3.60. The Morgan fingerprint density at radius 2 is 2.44 bits per heavy atom. The van der Waals surface area contributed by atoms with Crippen molar-refractivity contribution in [3.8, 4) is 11.8 Å². The maximum absolute atomic E-state index is 9.11. The average molecular weight is 245 g/mol. The summed E-state index contributed by atoms with van der Waals surface area (Å²) in [6.07, 6.45) is 0.701. The monoisotopic (exact) mass is 245 g/mol. The zero-order valence-electron chi connectivity index (χ0n) is 10.2. The first-order valence-electron chi connectivity index (χ1n) is 5.59. The first-order valence-corrected chi connectivity index (χ1v) is 5.59. The summed E-state index contributed by atoms with van der Waals surface area (Å²) in [4.78, 5) is 2.67. The third-order valence-electron chi connectivity index (χ3n) is 2.40. The van der Waals surface area contributed by atoms with E-state index in [1.807, 2.05) is 24.3 Å². The molecule has 1 rings (SSSR count). The van der Waals surface area contributed by atoms with E-state index in [1.165, 1.54) is 0 Å². The van der Waals surface area contributed by atoms with Gasteiger partial charge in [0.05, 0.1) is 13.2 Å². The fraction of sp³-hybridized carbons (Fsp3) is 0.417. The van der Waals surface area contributed by atoms with Gasteiger partial charge in [0, 0.05) is 11.5 Å². The molecule has 6 nitrogen and oxygen atoms in total. The highest BCUT2D eigenvalue weighted by Gasteiger charge is 2.09. The fourth-order valence-corrected chi connectivity index (χ4v) is 1.50. The minimum Gasteiger partial charge on any atom is -0.497 e. The molecule has 0 saturated heterocycles. The van der Waals surface area contributed by atoms with E-state index in [0.29, 0.717) is 19.5 Å². The molecule has 0 radical (unpaired) electrons. The maximum atomic E-state index is 9.11. The standard InChI is InChI=1S/C12H15N5O/c1-18-11-5-2-4-10(8-11)12(9-13)15-6-3-7-16-17-14/h2,4-5,8,12,15H,3,6-7H2,1H3. The molecule has 94 valence electrons. The Kier molecular flexibility index (Phi) is 6.12. The van der Waals surface area contributed by atoms with Crippen LogP contribution in [0.3, 0.4) is 0 Å². The first kappa shape index (κ1) is 13.8. The van der Waals surface area contributed by atoms with Crippen LogP contribution in [0.4, 0.5) is 0 Å². The Bertz CT molecular complexity index is 462. The van der Waals surface area contributed by atoms with Crippen molar-refractivity contribution in [1.29, 1.82) is 5.26 Å². The summed E-state index contributed by atoms with van der Waals surface area (Å²) < 4.78 is 5.11. The van der Waals surface area contributed by atoms with Gasteiger partial charge in [-0.2, -0.15) is 5.26 Å². The molecule has 0 saturated carbocycles. The number of nitrogens with zero attached hydrogens (tertiary/aromatic N) is 4. The molecule has 0 amide bonds. The van der Waals surface area contributed by atoms with Gasteiger partial charge in [0.25, 0.3) is 0 Å². The number of rotatable bonds is 7. The molecule has 0 bridgehead atoms. The van der Waals surface area contributed by atoms with Gasteiger partial charge in [-0.3, -0.25) is 5.32 Å². The molecule has 0 aliphatic rings. The molecule has 0 heterocycles. The highest BCUT2D eigenvalue weighted by Crippen LogP contribution is 2.18. The molecule has 1 atom stereocenters. The van der Waals surface area contributed by atoms with Crippen molar-refractivity contribution in [3.05, 3.63) is 40.3 Å². The minimum absolute atomic E-state index is 0.383. The van der Waals surface area contributed by atoms with Crippen LogP contribution < -0.4 is 10.1 Å². The third-order valence-corrected chi connectivity index (χ3v) is 2.40. The van der Waals surface area contributed by atoms with E-state index < -0.39 is 0 Å². The van der Waals surface area contributed by atoms with Crippen molar-refractivity contribution in [2.75, 3.05) is 20.2 Å². The van der Waals surface area contributed by atoms with Crippen molar-refractivity contribution in [3.63, 3.8) is 0 Å². The van der Waals surface area contributed by atoms with Gasteiger partial charge in [-0.05, 0) is 36.2 Å². The Balaban J connectivity index is 2.54. The van der Waals surface area contributed by atoms with Gasteiger partial charge in [0.2, 0.25) is 0 Å². The predicted octanol–water partition coefficient (Wildman–Crippen LogP) is 2.55. The van der Waals surface area contributed by atoms with E-state index in [0.717, 1.165) is 11.3 Å². The molecule has 1 aromatic carbocycles. The molecule has 0 aliphatic carbocycles. The van der Waals surface area contributed by atoms with Gasteiger partial charge in [0.1, 0.15) is 11.8 Å². The molecule has 0 aliphatic heterocycles. The van der Waals surface area contributed by atoms with Crippen LogP contribution in [0, 0.1) is 11.3 Å². The quantitative estimate of drug-likeness (QED) is 0.346. The molecule has 1 unspecified atom stereocenters. The molecule has 0 spiro atoms. The van der Waals surface area contributed by atoms with Crippen LogP contribution >= 0.6 is 0 Å². The highest BCUT2D eigenvalue weighted by atomic mass is 16.5. The van der Waals surface area contributed by atoms with E-state index in [4.69, 9.17) is 15.5 Å². The Morgan fingerprint density at radius 3 is 3.11 bits per heavy atom. The summed E-state index contributed by atoms with van der Waals surface area (Å²) in [5, 5.41) is 15.6. The number of ether oxygens (including phenoxy) is 1. The van der Waals surface area contributed by atoms with Gasteiger partial charge >= 0.3 is 0 Å². The lowest BCUT2D eigenvalue weighted by atomic mass is 10.1. The van der Waals surface area contributed by atoms with Crippen LogP contribution in [-0.2, 0) is 0 Å². The lowest BCUT2D eigenvalue weighted by Gasteiger charge is -2.12. The summed E-state index contributed by atoms with van der Waals surface area (Å²) in [5.41, 5.74) is 8.99. The van der Waals surface area contributed by atoms with E-state index >= 15 is 0 Å². The molecule has 1 N–H and O–H groups in total. The summed E-state index contributed by atoms with van der Waals surface area (Å²) in [7, 11) is 1.59. The van der Waals surface area contributed by atoms with Crippen molar-refractivity contribution in [1.82, 2.24) is 5.32 Å². The van der Waals surface area contributed by atoms with Crippen molar-refractivity contribution < 1.29 is 4.74 Å². The normalized spacial score (nSPS) is 11.1. The summed E-state index contributed by atoms with van der Waals surface area (Å²) in [5.74, 6) is 0.726. The second-order valence-corrected chi connectivity index (χ2v) is 3.60. The van der Waals surface area contributed by atoms with Gasteiger partial charge in [-0.15, -0.1) is 0 Å². The molecular formula is C12H15N5O. The number of azide groups is 1. The van der Waals surface area contributed by atoms with Crippen LogP contribution in [0.2, 0.25) is 0 Å². The predicted molar refractivity (Wildman–Crippen MR) is 68.0 cm³/mol. The van der Waals surface area contributed by atoms with Crippen molar-refractivity contribution in [2.45, 2.75) is 12.5 Å². The Morgan fingerprint density at radius 1 is 1.61 bits per heavy atom. The van der Waals surface area contributed by atoms with Crippen LogP contribution in [0.15, 0.2) is 29.4 Å². The van der Waals surface area contributed by atoms with Crippen LogP contribution in [0.25, 0.3) is 10.4 Å². The largest absolute Gasteiger partial charge is 0.497 e. The van der Waals surface area contributed by atoms with Gasteiger partial charge < -0.3 is 4.74 Å².